The average Bonchev–Trinajstić information content (AvgIpc) is 2.48. The van der Waals surface area contributed by atoms with Gasteiger partial charge in [-0.1, -0.05) is 31.2 Å². The SMILES string of the molecule is CCOC(=O)CC(C)B1Nc2cccc3cccc(c23)N1. The lowest BCUT2D eigenvalue weighted by Crippen LogP contribution is -2.41. The van der Waals surface area contributed by atoms with Crippen LogP contribution in [0.2, 0.25) is 5.82 Å². The number of carbonyl (C=O) groups excluding carboxylic acids is 1. The normalized spacial score (nSPS) is 14.3. The van der Waals surface area contributed by atoms with Crippen LogP contribution < -0.4 is 10.5 Å². The number of ether oxygens (including phenoxy) is 1. The molecule has 1 unspecified atom stereocenters. The number of benzene rings is 2. The van der Waals surface area contributed by atoms with Crippen molar-refractivity contribution < 1.29 is 9.53 Å². The molecule has 0 aromatic heterocycles. The number of rotatable bonds is 4. The van der Waals surface area contributed by atoms with Crippen molar-refractivity contribution in [2.45, 2.75) is 26.1 Å². The number of hydrogen-bond acceptors (Lipinski definition) is 4. The highest BCUT2D eigenvalue weighted by molar-refractivity contribution is 6.69. The molecule has 0 radical (unpaired) electrons. The minimum Gasteiger partial charge on any atom is -0.466 e. The van der Waals surface area contributed by atoms with Gasteiger partial charge < -0.3 is 15.2 Å². The summed E-state index contributed by atoms with van der Waals surface area (Å²) in [4.78, 5) is 11.7. The Bertz CT molecular complexity index is 634. The summed E-state index contributed by atoms with van der Waals surface area (Å²) in [7, 11) is 0. The number of esters is 1. The molecule has 2 aromatic rings. The maximum atomic E-state index is 11.7. The summed E-state index contributed by atoms with van der Waals surface area (Å²) in [6, 6.07) is 12.5. The van der Waals surface area contributed by atoms with Crippen LogP contribution in [0.3, 0.4) is 0 Å². The van der Waals surface area contributed by atoms with E-state index >= 15 is 0 Å². The summed E-state index contributed by atoms with van der Waals surface area (Å²) >= 11 is 0. The second-order valence-electron chi connectivity index (χ2n) is 5.46. The van der Waals surface area contributed by atoms with Crippen molar-refractivity contribution in [2.24, 2.45) is 0 Å². The standard InChI is InChI=1S/C16H19BN2O2/c1-3-21-15(20)10-11(2)17-18-13-8-4-6-12-7-5-9-14(19-17)16(12)13/h4-9,11,18-19H,3,10H2,1-2H3. The second-order valence-corrected chi connectivity index (χ2v) is 5.46. The Balaban J connectivity index is 1.82. The first-order chi connectivity index (χ1) is 10.2. The topological polar surface area (TPSA) is 50.4 Å². The highest BCUT2D eigenvalue weighted by Crippen LogP contribution is 2.36. The smallest absolute Gasteiger partial charge is 0.373 e. The van der Waals surface area contributed by atoms with Gasteiger partial charge in [-0.25, -0.2) is 0 Å². The monoisotopic (exact) mass is 282 g/mol. The Kier molecular flexibility index (Phi) is 3.73. The van der Waals surface area contributed by atoms with E-state index in [1.54, 1.807) is 0 Å². The van der Waals surface area contributed by atoms with Crippen molar-refractivity contribution in [3.8, 4) is 0 Å². The molecular weight excluding hydrogens is 263 g/mol. The van der Waals surface area contributed by atoms with E-state index in [0.717, 1.165) is 11.4 Å². The van der Waals surface area contributed by atoms with Crippen LogP contribution in [-0.2, 0) is 9.53 Å². The fourth-order valence-electron chi connectivity index (χ4n) is 2.84. The lowest BCUT2D eigenvalue weighted by molar-refractivity contribution is -0.143. The highest BCUT2D eigenvalue weighted by Gasteiger charge is 2.30. The maximum Gasteiger partial charge on any atom is 0.373 e. The van der Waals surface area contributed by atoms with Crippen LogP contribution in [0, 0.1) is 0 Å². The average molecular weight is 282 g/mol. The molecule has 0 bridgehead atoms. The van der Waals surface area contributed by atoms with Gasteiger partial charge in [0.1, 0.15) is 0 Å². The van der Waals surface area contributed by atoms with Gasteiger partial charge >= 0.3 is 13.0 Å². The molecule has 0 fully saturated rings. The molecule has 0 spiro atoms. The first-order valence-electron chi connectivity index (χ1n) is 7.39. The van der Waals surface area contributed by atoms with Crippen LogP contribution in [0.25, 0.3) is 10.8 Å². The van der Waals surface area contributed by atoms with Gasteiger partial charge in [0.2, 0.25) is 0 Å². The number of carbonyl (C=O) groups is 1. The van der Waals surface area contributed by atoms with E-state index in [1.165, 1.54) is 10.8 Å². The van der Waals surface area contributed by atoms with Crippen molar-refractivity contribution >= 4 is 35.1 Å². The predicted octanol–water partition coefficient (Wildman–Crippen LogP) is 3.51. The van der Waals surface area contributed by atoms with Crippen molar-refractivity contribution in [1.82, 2.24) is 0 Å². The fourth-order valence-corrected chi connectivity index (χ4v) is 2.84. The zero-order chi connectivity index (χ0) is 14.8. The van der Waals surface area contributed by atoms with E-state index < -0.39 is 0 Å². The van der Waals surface area contributed by atoms with Crippen LogP contribution >= 0.6 is 0 Å². The minimum absolute atomic E-state index is 0.0231. The van der Waals surface area contributed by atoms with Crippen LogP contribution in [0.15, 0.2) is 36.4 Å². The van der Waals surface area contributed by atoms with E-state index in [9.17, 15) is 4.79 Å². The summed E-state index contributed by atoms with van der Waals surface area (Å²) < 4.78 is 5.04. The van der Waals surface area contributed by atoms with E-state index in [4.69, 9.17) is 4.74 Å². The molecule has 1 atom stereocenters. The van der Waals surface area contributed by atoms with Crippen LogP contribution in [0.5, 0.6) is 0 Å². The number of nitrogens with one attached hydrogen (secondary N) is 2. The molecule has 108 valence electrons. The molecule has 1 aliphatic rings. The summed E-state index contributed by atoms with van der Waals surface area (Å²) in [6.07, 6.45) is 0.399. The zero-order valence-corrected chi connectivity index (χ0v) is 12.3. The van der Waals surface area contributed by atoms with Crippen LogP contribution in [-0.4, -0.2) is 19.6 Å². The fraction of sp³-hybridized carbons (Fsp3) is 0.312. The Morgan fingerprint density at radius 3 is 2.38 bits per heavy atom. The van der Waals surface area contributed by atoms with Gasteiger partial charge in [-0.15, -0.1) is 0 Å². The van der Waals surface area contributed by atoms with Crippen LogP contribution in [0.4, 0.5) is 11.4 Å². The lowest BCUT2D eigenvalue weighted by Gasteiger charge is -2.29. The van der Waals surface area contributed by atoms with Gasteiger partial charge in [0.25, 0.3) is 0 Å². The Hall–Kier alpha value is -2.17. The molecule has 3 rings (SSSR count). The van der Waals surface area contributed by atoms with Gasteiger partial charge in [0, 0.05) is 23.2 Å². The van der Waals surface area contributed by atoms with Gasteiger partial charge in [-0.2, -0.15) is 0 Å². The highest BCUT2D eigenvalue weighted by atomic mass is 16.5. The van der Waals surface area contributed by atoms with Gasteiger partial charge in [0.05, 0.1) is 6.61 Å². The van der Waals surface area contributed by atoms with Gasteiger partial charge in [0.15, 0.2) is 0 Å². The van der Waals surface area contributed by atoms with E-state index in [1.807, 2.05) is 19.1 Å². The summed E-state index contributed by atoms with van der Waals surface area (Å²) in [5.74, 6) is -0.0154. The van der Waals surface area contributed by atoms with Gasteiger partial charge in [-0.05, 0) is 30.3 Å². The van der Waals surface area contributed by atoms with E-state index in [0.29, 0.717) is 13.0 Å². The largest absolute Gasteiger partial charge is 0.466 e. The number of hydrogen-bond donors (Lipinski definition) is 2. The lowest BCUT2D eigenvalue weighted by atomic mass is 9.60. The molecule has 4 nitrogen and oxygen atoms in total. The third kappa shape index (κ3) is 2.68. The predicted molar refractivity (Wildman–Crippen MR) is 87.6 cm³/mol. The molecule has 21 heavy (non-hydrogen) atoms. The molecule has 0 saturated heterocycles. The Labute approximate surface area is 125 Å². The van der Waals surface area contributed by atoms with E-state index in [2.05, 4.69) is 41.6 Å². The van der Waals surface area contributed by atoms with Crippen LogP contribution in [0.1, 0.15) is 20.3 Å². The minimum atomic E-state index is -0.148. The molecule has 0 aliphatic carbocycles. The second kappa shape index (κ2) is 5.68. The first kappa shape index (κ1) is 13.8. The quantitative estimate of drug-likeness (QED) is 0.665. The van der Waals surface area contributed by atoms with Crippen molar-refractivity contribution in [3.63, 3.8) is 0 Å². The molecule has 5 heteroatoms. The maximum absolute atomic E-state index is 11.7. The van der Waals surface area contributed by atoms with Crippen molar-refractivity contribution in [3.05, 3.63) is 36.4 Å². The third-order valence-electron chi connectivity index (χ3n) is 3.89. The molecule has 1 aliphatic heterocycles. The third-order valence-corrected chi connectivity index (χ3v) is 3.89. The Morgan fingerprint density at radius 2 is 1.81 bits per heavy atom. The summed E-state index contributed by atoms with van der Waals surface area (Å²) in [5.41, 5.74) is 2.23. The Morgan fingerprint density at radius 1 is 1.19 bits per heavy atom. The van der Waals surface area contributed by atoms with Gasteiger partial charge in [-0.3, -0.25) is 4.79 Å². The number of anilines is 2. The molecule has 0 saturated carbocycles. The summed E-state index contributed by atoms with van der Waals surface area (Å²) in [6.45, 7) is 4.33. The molecule has 2 aromatic carbocycles. The molecular formula is C16H19BN2O2. The zero-order valence-electron chi connectivity index (χ0n) is 12.3. The van der Waals surface area contributed by atoms with Crippen molar-refractivity contribution in [2.75, 3.05) is 17.1 Å². The molecule has 0 amide bonds. The molecule has 1 heterocycles. The van der Waals surface area contributed by atoms with E-state index in [-0.39, 0.29) is 18.8 Å². The summed E-state index contributed by atoms with van der Waals surface area (Å²) in [5, 5.41) is 9.40. The molecule has 2 N–H and O–H groups in total. The first-order valence-corrected chi connectivity index (χ1v) is 7.39. The van der Waals surface area contributed by atoms with Crippen molar-refractivity contribution in [1.29, 1.82) is 0 Å².